The normalized spacial score (nSPS) is 12.4. The second-order valence-corrected chi connectivity index (χ2v) is 10.1. The van der Waals surface area contributed by atoms with Crippen LogP contribution in [0.5, 0.6) is 5.75 Å². The highest BCUT2D eigenvalue weighted by Gasteiger charge is 2.26. The maximum atomic E-state index is 12.8. The second-order valence-electron chi connectivity index (χ2n) is 8.08. The van der Waals surface area contributed by atoms with Gasteiger partial charge in [0.25, 0.3) is 5.91 Å². The van der Waals surface area contributed by atoms with Crippen LogP contribution in [0.15, 0.2) is 52.5 Å². The van der Waals surface area contributed by atoms with Crippen LogP contribution in [0.25, 0.3) is 0 Å². The molecule has 7 nitrogen and oxygen atoms in total. The van der Waals surface area contributed by atoms with Crippen molar-refractivity contribution in [3.63, 3.8) is 0 Å². The zero-order valence-corrected chi connectivity index (χ0v) is 19.1. The van der Waals surface area contributed by atoms with Gasteiger partial charge in [0.2, 0.25) is 10.0 Å². The van der Waals surface area contributed by atoms with E-state index >= 15 is 0 Å². The summed E-state index contributed by atoms with van der Waals surface area (Å²) in [7, 11) is -1.16. The Bertz CT molecular complexity index is 1020. The Morgan fingerprint density at radius 2 is 1.80 bits per heavy atom. The van der Waals surface area contributed by atoms with Gasteiger partial charge in [0.1, 0.15) is 10.6 Å². The number of aryl methyl sites for hydroxylation is 1. The Balaban J connectivity index is 2.02. The van der Waals surface area contributed by atoms with Crippen molar-refractivity contribution in [2.75, 3.05) is 20.7 Å². The number of hydrogen-bond acceptors (Lipinski definition) is 5. The Labute approximate surface area is 178 Å². The first-order chi connectivity index (χ1) is 13.9. The number of ether oxygens (including phenoxy) is 1. The van der Waals surface area contributed by atoms with Crippen LogP contribution in [-0.2, 0) is 20.2 Å². The number of carbonyl (C=O) groups excluding carboxylic acids is 1. The van der Waals surface area contributed by atoms with Crippen LogP contribution in [0, 0.1) is 6.92 Å². The van der Waals surface area contributed by atoms with E-state index in [0.717, 1.165) is 15.4 Å². The third kappa shape index (κ3) is 5.90. The smallest absolute Gasteiger partial charge is 0.255 e. The molecule has 8 heteroatoms. The fraction of sp³-hybridized carbons (Fsp3) is 0.364. The number of hydrazone groups is 1. The van der Waals surface area contributed by atoms with Gasteiger partial charge in [-0.2, -0.15) is 9.41 Å². The summed E-state index contributed by atoms with van der Waals surface area (Å²) in [5, 5.41) is 3.92. The first-order valence-corrected chi connectivity index (χ1v) is 10.9. The number of nitrogens with zero attached hydrogens (tertiary/aromatic N) is 2. The highest BCUT2D eigenvalue weighted by molar-refractivity contribution is 7.89. The predicted molar refractivity (Wildman–Crippen MR) is 118 cm³/mol. The summed E-state index contributed by atoms with van der Waals surface area (Å²) in [6.45, 7) is 7.81. The molecule has 0 aliphatic rings. The Morgan fingerprint density at radius 3 is 2.37 bits per heavy atom. The molecular weight excluding hydrogens is 402 g/mol. The SMILES string of the molecule is COc1ccc(C)cc1S(=O)(=O)N(C)CC(=O)N/N=C/c1ccc(C(C)(C)C)cc1. The van der Waals surface area contributed by atoms with Gasteiger partial charge in [-0.05, 0) is 41.2 Å². The average Bonchev–Trinajstić information content (AvgIpc) is 2.67. The van der Waals surface area contributed by atoms with Crippen molar-refractivity contribution in [2.24, 2.45) is 5.10 Å². The summed E-state index contributed by atoms with van der Waals surface area (Å²) < 4.78 is 31.8. The van der Waals surface area contributed by atoms with Gasteiger partial charge in [0.15, 0.2) is 0 Å². The third-order valence-corrected chi connectivity index (χ3v) is 6.38. The van der Waals surface area contributed by atoms with E-state index in [2.05, 4.69) is 31.3 Å². The van der Waals surface area contributed by atoms with Crippen LogP contribution in [0.1, 0.15) is 37.5 Å². The molecule has 2 aromatic rings. The number of benzene rings is 2. The van der Waals surface area contributed by atoms with Crippen LogP contribution in [-0.4, -0.2) is 45.5 Å². The minimum absolute atomic E-state index is 0.0164. The van der Waals surface area contributed by atoms with Crippen molar-refractivity contribution in [2.45, 2.75) is 38.0 Å². The fourth-order valence-corrected chi connectivity index (χ4v) is 4.09. The minimum atomic E-state index is -3.90. The first kappa shape index (κ1) is 23.6. The highest BCUT2D eigenvalue weighted by Crippen LogP contribution is 2.27. The second kappa shape index (κ2) is 9.40. The monoisotopic (exact) mass is 431 g/mol. The predicted octanol–water partition coefficient (Wildman–Crippen LogP) is 3.07. The molecule has 0 unspecified atom stereocenters. The Morgan fingerprint density at radius 1 is 1.17 bits per heavy atom. The van der Waals surface area contributed by atoms with Crippen molar-refractivity contribution in [1.29, 1.82) is 0 Å². The molecule has 0 bridgehead atoms. The summed E-state index contributed by atoms with van der Waals surface area (Å²) in [6.07, 6.45) is 1.52. The lowest BCUT2D eigenvalue weighted by Crippen LogP contribution is -2.36. The molecule has 0 fully saturated rings. The van der Waals surface area contributed by atoms with Crippen LogP contribution in [0.4, 0.5) is 0 Å². The summed E-state index contributed by atoms with van der Waals surface area (Å²) in [5.41, 5.74) is 5.22. The molecule has 162 valence electrons. The Kier molecular flexibility index (Phi) is 7.39. The van der Waals surface area contributed by atoms with Crippen molar-refractivity contribution < 1.29 is 17.9 Å². The number of likely N-dealkylation sites (N-methyl/N-ethyl adjacent to an activating group) is 1. The molecule has 0 spiro atoms. The number of nitrogens with one attached hydrogen (secondary N) is 1. The van der Waals surface area contributed by atoms with E-state index in [0.29, 0.717) is 0 Å². The van der Waals surface area contributed by atoms with Gasteiger partial charge in [-0.3, -0.25) is 4.79 Å². The average molecular weight is 432 g/mol. The van der Waals surface area contributed by atoms with E-state index in [1.807, 2.05) is 24.3 Å². The molecule has 2 aromatic carbocycles. The summed E-state index contributed by atoms with van der Waals surface area (Å²) in [4.78, 5) is 12.2. The number of methoxy groups -OCH3 is 1. The molecule has 0 heterocycles. The van der Waals surface area contributed by atoms with E-state index in [1.54, 1.807) is 19.1 Å². The van der Waals surface area contributed by atoms with Gasteiger partial charge in [-0.25, -0.2) is 13.8 Å². The molecule has 2 rings (SSSR count). The van der Waals surface area contributed by atoms with E-state index in [9.17, 15) is 13.2 Å². The zero-order valence-electron chi connectivity index (χ0n) is 18.3. The van der Waals surface area contributed by atoms with Crippen molar-refractivity contribution in [1.82, 2.24) is 9.73 Å². The number of sulfonamides is 1. The van der Waals surface area contributed by atoms with Gasteiger partial charge in [0.05, 0.1) is 19.9 Å². The van der Waals surface area contributed by atoms with Gasteiger partial charge in [-0.1, -0.05) is 51.1 Å². The van der Waals surface area contributed by atoms with Crippen LogP contribution in [0.3, 0.4) is 0 Å². The lowest BCUT2D eigenvalue weighted by molar-refractivity contribution is -0.121. The summed E-state index contributed by atoms with van der Waals surface area (Å²) in [6, 6.07) is 12.7. The molecule has 0 saturated carbocycles. The molecular formula is C22H29N3O4S. The van der Waals surface area contributed by atoms with E-state index < -0.39 is 15.9 Å². The van der Waals surface area contributed by atoms with E-state index in [-0.39, 0.29) is 22.6 Å². The molecule has 0 saturated heterocycles. The summed E-state index contributed by atoms with van der Waals surface area (Å²) >= 11 is 0. The molecule has 30 heavy (non-hydrogen) atoms. The number of carbonyl (C=O) groups is 1. The van der Waals surface area contributed by atoms with E-state index in [1.165, 1.54) is 32.0 Å². The fourth-order valence-electron chi connectivity index (χ4n) is 2.72. The maximum Gasteiger partial charge on any atom is 0.255 e. The van der Waals surface area contributed by atoms with Gasteiger partial charge >= 0.3 is 0 Å². The lowest BCUT2D eigenvalue weighted by Gasteiger charge is -2.18. The zero-order chi connectivity index (χ0) is 22.5. The quantitative estimate of drug-likeness (QED) is 0.539. The Hall–Kier alpha value is -2.71. The van der Waals surface area contributed by atoms with Gasteiger partial charge < -0.3 is 4.74 Å². The lowest BCUT2D eigenvalue weighted by atomic mass is 9.87. The first-order valence-electron chi connectivity index (χ1n) is 9.48. The molecule has 0 atom stereocenters. The van der Waals surface area contributed by atoms with Crippen molar-refractivity contribution >= 4 is 22.1 Å². The molecule has 0 aliphatic carbocycles. The van der Waals surface area contributed by atoms with Gasteiger partial charge in [0, 0.05) is 7.05 Å². The van der Waals surface area contributed by atoms with E-state index in [4.69, 9.17) is 4.74 Å². The molecule has 1 N–H and O–H groups in total. The third-order valence-electron chi connectivity index (χ3n) is 4.55. The minimum Gasteiger partial charge on any atom is -0.495 e. The highest BCUT2D eigenvalue weighted by atomic mass is 32.2. The van der Waals surface area contributed by atoms with Crippen molar-refractivity contribution in [3.8, 4) is 5.75 Å². The number of hydrogen-bond donors (Lipinski definition) is 1. The van der Waals surface area contributed by atoms with Crippen molar-refractivity contribution in [3.05, 3.63) is 59.2 Å². The summed E-state index contributed by atoms with van der Waals surface area (Å²) in [5.74, 6) is -0.320. The molecule has 0 radical (unpaired) electrons. The topological polar surface area (TPSA) is 88.1 Å². The molecule has 1 amide bonds. The van der Waals surface area contributed by atoms with Crippen LogP contribution in [0.2, 0.25) is 0 Å². The maximum absolute atomic E-state index is 12.8. The number of rotatable bonds is 7. The molecule has 0 aliphatic heterocycles. The largest absolute Gasteiger partial charge is 0.495 e. The van der Waals surface area contributed by atoms with Crippen LogP contribution < -0.4 is 10.2 Å². The molecule has 0 aromatic heterocycles. The van der Waals surface area contributed by atoms with Crippen LogP contribution >= 0.6 is 0 Å². The van der Waals surface area contributed by atoms with Gasteiger partial charge in [-0.15, -0.1) is 0 Å². The standard InChI is InChI=1S/C22H29N3O4S/c1-16-7-12-19(29-6)20(13-16)30(27,28)25(5)15-21(26)24-23-14-17-8-10-18(11-9-17)22(2,3)4/h7-14H,15H2,1-6H3,(H,24,26)/b23-14+. The number of amides is 1.